The van der Waals surface area contributed by atoms with Crippen LogP contribution in [0.4, 0.5) is 4.79 Å². The van der Waals surface area contributed by atoms with E-state index in [2.05, 4.69) is 5.32 Å². The van der Waals surface area contributed by atoms with Crippen LogP contribution in [0.25, 0.3) is 0 Å². The molecule has 6 heteroatoms. The monoisotopic (exact) mass is 219 g/mol. The van der Waals surface area contributed by atoms with Crippen molar-refractivity contribution in [1.29, 1.82) is 0 Å². The number of ether oxygens (including phenoxy) is 1. The standard InChI is InChI=1S/C8H13NO4S/c1-6(2)13-8(10)9-7-3-4-14(11,12)5-7/h3-4,6-7H,5H2,1-2H3,(H,9,10)/t7-/m1/s1. The Kier molecular flexibility index (Phi) is 3.15. The average molecular weight is 219 g/mol. The maximum Gasteiger partial charge on any atom is 0.407 e. The second-order valence-corrected chi connectivity index (χ2v) is 5.29. The van der Waals surface area contributed by atoms with E-state index >= 15 is 0 Å². The van der Waals surface area contributed by atoms with Gasteiger partial charge < -0.3 is 10.1 Å². The number of sulfone groups is 1. The van der Waals surface area contributed by atoms with Crippen molar-refractivity contribution in [3.05, 3.63) is 11.5 Å². The normalized spacial score (nSPS) is 23.8. The SMILES string of the molecule is CC(C)OC(=O)N[C@@H]1C=CS(=O)(=O)C1. The van der Waals surface area contributed by atoms with Gasteiger partial charge in [0.25, 0.3) is 0 Å². The van der Waals surface area contributed by atoms with Crippen molar-refractivity contribution in [3.8, 4) is 0 Å². The third kappa shape index (κ3) is 3.37. The van der Waals surface area contributed by atoms with Crippen molar-refractivity contribution in [2.24, 2.45) is 0 Å². The van der Waals surface area contributed by atoms with Crippen molar-refractivity contribution < 1.29 is 17.9 Å². The molecule has 80 valence electrons. The van der Waals surface area contributed by atoms with E-state index in [1.807, 2.05) is 0 Å². The number of amides is 1. The minimum Gasteiger partial charge on any atom is -0.447 e. The van der Waals surface area contributed by atoms with Gasteiger partial charge in [-0.15, -0.1) is 0 Å². The Morgan fingerprint density at radius 3 is 2.64 bits per heavy atom. The molecule has 0 aliphatic carbocycles. The number of rotatable bonds is 2. The van der Waals surface area contributed by atoms with Gasteiger partial charge in [-0.2, -0.15) is 0 Å². The van der Waals surface area contributed by atoms with Crippen LogP contribution < -0.4 is 5.32 Å². The van der Waals surface area contributed by atoms with Crippen LogP contribution in [0.5, 0.6) is 0 Å². The second kappa shape index (κ2) is 4.00. The molecule has 0 aromatic rings. The molecule has 0 fully saturated rings. The number of carbonyl (C=O) groups is 1. The molecule has 0 saturated carbocycles. The van der Waals surface area contributed by atoms with Crippen molar-refractivity contribution in [2.75, 3.05) is 5.75 Å². The van der Waals surface area contributed by atoms with Gasteiger partial charge in [-0.1, -0.05) is 0 Å². The molecule has 5 nitrogen and oxygen atoms in total. The third-order valence-electron chi connectivity index (χ3n) is 1.58. The molecular formula is C8H13NO4S. The minimum atomic E-state index is -3.12. The first-order valence-corrected chi connectivity index (χ1v) is 5.99. The summed E-state index contributed by atoms with van der Waals surface area (Å²) in [6, 6.07) is -0.466. The molecule has 0 unspecified atom stereocenters. The summed E-state index contributed by atoms with van der Waals surface area (Å²) < 4.78 is 26.7. The van der Waals surface area contributed by atoms with E-state index in [0.29, 0.717) is 0 Å². The summed E-state index contributed by atoms with van der Waals surface area (Å²) in [5, 5.41) is 3.54. The van der Waals surface area contributed by atoms with E-state index in [-0.39, 0.29) is 11.9 Å². The maximum atomic E-state index is 11.1. The highest BCUT2D eigenvalue weighted by atomic mass is 32.2. The van der Waals surface area contributed by atoms with Gasteiger partial charge in [0.2, 0.25) is 0 Å². The molecule has 0 aromatic heterocycles. The summed E-state index contributed by atoms with van der Waals surface area (Å²) in [4.78, 5) is 11.1. The summed E-state index contributed by atoms with van der Waals surface area (Å²) in [5.74, 6) is -0.0831. The summed E-state index contributed by atoms with van der Waals surface area (Å²) in [7, 11) is -3.12. The molecule has 0 radical (unpaired) electrons. The van der Waals surface area contributed by atoms with E-state index in [1.54, 1.807) is 13.8 Å². The molecular weight excluding hydrogens is 206 g/mol. The fourth-order valence-electron chi connectivity index (χ4n) is 1.07. The summed E-state index contributed by atoms with van der Waals surface area (Å²) >= 11 is 0. The predicted octanol–water partition coefficient (Wildman–Crippen LogP) is 0.432. The predicted molar refractivity (Wildman–Crippen MR) is 51.5 cm³/mol. The molecule has 0 saturated heterocycles. The molecule has 0 bridgehead atoms. The topological polar surface area (TPSA) is 72.5 Å². The molecule has 1 aliphatic heterocycles. The fraction of sp³-hybridized carbons (Fsp3) is 0.625. The van der Waals surface area contributed by atoms with Crippen LogP contribution in [0.15, 0.2) is 11.5 Å². The molecule has 1 amide bonds. The quantitative estimate of drug-likeness (QED) is 0.731. The zero-order valence-electron chi connectivity index (χ0n) is 8.06. The Labute approximate surface area is 83.0 Å². The van der Waals surface area contributed by atoms with Gasteiger partial charge in [-0.25, -0.2) is 13.2 Å². The summed E-state index contributed by atoms with van der Waals surface area (Å²) in [5.41, 5.74) is 0. The summed E-state index contributed by atoms with van der Waals surface area (Å²) in [6.45, 7) is 3.45. The van der Waals surface area contributed by atoms with Crippen LogP contribution in [0, 0.1) is 0 Å². The van der Waals surface area contributed by atoms with Gasteiger partial charge in [0.15, 0.2) is 9.84 Å². The molecule has 14 heavy (non-hydrogen) atoms. The van der Waals surface area contributed by atoms with Gasteiger partial charge in [0.1, 0.15) is 0 Å². The van der Waals surface area contributed by atoms with Crippen molar-refractivity contribution in [2.45, 2.75) is 26.0 Å². The smallest absolute Gasteiger partial charge is 0.407 e. The highest BCUT2D eigenvalue weighted by Gasteiger charge is 2.23. The van der Waals surface area contributed by atoms with E-state index < -0.39 is 22.0 Å². The Balaban J connectivity index is 2.41. The molecule has 1 aliphatic rings. The third-order valence-corrected chi connectivity index (χ3v) is 2.97. The first-order valence-electron chi connectivity index (χ1n) is 4.27. The number of hydrogen-bond donors (Lipinski definition) is 1. The number of carbonyl (C=O) groups excluding carboxylic acids is 1. The van der Waals surface area contributed by atoms with Gasteiger partial charge in [-0.3, -0.25) is 0 Å². The van der Waals surface area contributed by atoms with Crippen LogP contribution in [0.1, 0.15) is 13.8 Å². The first-order chi connectivity index (χ1) is 6.39. The van der Waals surface area contributed by atoms with Gasteiger partial charge in [0, 0.05) is 5.41 Å². The van der Waals surface area contributed by atoms with Gasteiger partial charge >= 0.3 is 6.09 Å². The molecule has 1 rings (SSSR count). The fourth-order valence-corrected chi connectivity index (χ4v) is 2.30. The van der Waals surface area contributed by atoms with Crippen LogP contribution in [-0.2, 0) is 14.6 Å². The molecule has 0 aromatic carbocycles. The maximum absolute atomic E-state index is 11.1. The highest BCUT2D eigenvalue weighted by molar-refractivity contribution is 7.94. The number of alkyl carbamates (subject to hydrolysis) is 1. The van der Waals surface area contributed by atoms with Crippen LogP contribution in [-0.4, -0.2) is 32.4 Å². The number of hydrogen-bond acceptors (Lipinski definition) is 4. The Morgan fingerprint density at radius 2 is 2.21 bits per heavy atom. The zero-order valence-corrected chi connectivity index (χ0v) is 8.87. The van der Waals surface area contributed by atoms with E-state index in [9.17, 15) is 13.2 Å². The molecule has 0 spiro atoms. The molecule has 1 atom stereocenters. The number of nitrogens with one attached hydrogen (secondary N) is 1. The lowest BCUT2D eigenvalue weighted by Crippen LogP contribution is -2.36. The van der Waals surface area contributed by atoms with Crippen LogP contribution in [0.3, 0.4) is 0 Å². The first kappa shape index (κ1) is 11.0. The summed E-state index contributed by atoms with van der Waals surface area (Å²) in [6.07, 6.45) is 0.639. The van der Waals surface area contributed by atoms with E-state index in [0.717, 1.165) is 5.41 Å². The zero-order chi connectivity index (χ0) is 10.8. The minimum absolute atomic E-state index is 0.0831. The van der Waals surface area contributed by atoms with Gasteiger partial charge in [0.05, 0.1) is 17.9 Å². The molecule has 1 N–H and O–H groups in total. The van der Waals surface area contributed by atoms with Gasteiger partial charge in [-0.05, 0) is 19.9 Å². The lowest BCUT2D eigenvalue weighted by Gasteiger charge is -2.12. The van der Waals surface area contributed by atoms with E-state index in [1.165, 1.54) is 6.08 Å². The molecule has 1 heterocycles. The van der Waals surface area contributed by atoms with E-state index in [4.69, 9.17) is 4.74 Å². The van der Waals surface area contributed by atoms with Crippen molar-refractivity contribution in [1.82, 2.24) is 5.32 Å². The second-order valence-electron chi connectivity index (χ2n) is 3.36. The average Bonchev–Trinajstić information content (AvgIpc) is 2.27. The van der Waals surface area contributed by atoms with Crippen molar-refractivity contribution >= 4 is 15.9 Å². The van der Waals surface area contributed by atoms with Crippen molar-refractivity contribution in [3.63, 3.8) is 0 Å². The van der Waals surface area contributed by atoms with Crippen LogP contribution >= 0.6 is 0 Å². The highest BCUT2D eigenvalue weighted by Crippen LogP contribution is 2.07. The lowest BCUT2D eigenvalue weighted by molar-refractivity contribution is 0.114. The largest absolute Gasteiger partial charge is 0.447 e. The van der Waals surface area contributed by atoms with Crippen LogP contribution in [0.2, 0.25) is 0 Å². The Bertz CT molecular complexity index is 344. The Morgan fingerprint density at radius 1 is 1.57 bits per heavy atom. The lowest BCUT2D eigenvalue weighted by atomic mass is 10.3. The Hall–Kier alpha value is -1.04.